The van der Waals surface area contributed by atoms with Crippen molar-refractivity contribution in [3.8, 4) is 0 Å². The number of nitrogens with zero attached hydrogens (tertiary/aromatic N) is 2. The highest BCUT2D eigenvalue weighted by atomic mass is 32.2. The van der Waals surface area contributed by atoms with Crippen LogP contribution < -0.4 is 0 Å². The number of benzene rings is 2. The molecule has 4 heteroatoms. The molecule has 0 fully saturated rings. The molecule has 0 bridgehead atoms. The number of hydrogen-bond donors (Lipinski definition) is 0. The SMILES string of the molecule is Cc1ccccc1N=S1C=NC(c2ccc(F)cc2)=C1. The average Bonchev–Trinajstić information content (AvgIpc) is 2.91. The third-order valence-corrected chi connectivity index (χ3v) is 4.19. The van der Waals surface area contributed by atoms with Gasteiger partial charge < -0.3 is 0 Å². The first kappa shape index (κ1) is 12.9. The second-order valence-electron chi connectivity index (χ2n) is 4.47. The van der Waals surface area contributed by atoms with Crippen LogP contribution in [0.2, 0.25) is 0 Å². The fourth-order valence-electron chi connectivity index (χ4n) is 1.88. The minimum atomic E-state index is -0.347. The predicted molar refractivity (Wildman–Crippen MR) is 83.5 cm³/mol. The van der Waals surface area contributed by atoms with E-state index in [-0.39, 0.29) is 16.5 Å². The van der Waals surface area contributed by atoms with Crippen molar-refractivity contribution in [2.75, 3.05) is 0 Å². The third kappa shape index (κ3) is 2.75. The van der Waals surface area contributed by atoms with Gasteiger partial charge in [0.2, 0.25) is 0 Å². The van der Waals surface area contributed by atoms with Gasteiger partial charge in [-0.05, 0) is 53.5 Å². The molecule has 2 aromatic rings. The molecule has 0 spiro atoms. The van der Waals surface area contributed by atoms with E-state index in [1.807, 2.05) is 42.1 Å². The van der Waals surface area contributed by atoms with Gasteiger partial charge in [0.25, 0.3) is 0 Å². The Balaban J connectivity index is 1.91. The van der Waals surface area contributed by atoms with Crippen LogP contribution in [0.1, 0.15) is 11.1 Å². The lowest BCUT2D eigenvalue weighted by atomic mass is 10.2. The third-order valence-electron chi connectivity index (χ3n) is 2.99. The van der Waals surface area contributed by atoms with Crippen molar-refractivity contribution in [1.29, 1.82) is 0 Å². The second kappa shape index (κ2) is 5.51. The van der Waals surface area contributed by atoms with Gasteiger partial charge in [0.05, 0.1) is 16.9 Å². The molecule has 0 saturated heterocycles. The van der Waals surface area contributed by atoms with Crippen molar-refractivity contribution in [2.45, 2.75) is 6.92 Å². The number of aryl methyl sites for hydroxylation is 1. The highest BCUT2D eigenvalue weighted by molar-refractivity contribution is 8.03. The molecule has 2 nitrogen and oxygen atoms in total. The first-order valence-electron chi connectivity index (χ1n) is 6.24. The van der Waals surface area contributed by atoms with Gasteiger partial charge in [-0.1, -0.05) is 18.2 Å². The van der Waals surface area contributed by atoms with Crippen LogP contribution in [0.3, 0.4) is 0 Å². The largest absolute Gasteiger partial charge is 0.247 e. The molecule has 0 aliphatic carbocycles. The van der Waals surface area contributed by atoms with Gasteiger partial charge in [-0.25, -0.2) is 13.7 Å². The molecule has 1 atom stereocenters. The van der Waals surface area contributed by atoms with Crippen LogP contribution in [-0.4, -0.2) is 5.55 Å². The van der Waals surface area contributed by atoms with E-state index in [4.69, 9.17) is 0 Å². The Morgan fingerprint density at radius 3 is 2.55 bits per heavy atom. The molecular formula is C16H13FN2S. The molecule has 1 heterocycles. The summed E-state index contributed by atoms with van der Waals surface area (Å²) in [6.45, 7) is 2.04. The monoisotopic (exact) mass is 284 g/mol. The average molecular weight is 284 g/mol. The molecule has 20 heavy (non-hydrogen) atoms. The van der Waals surface area contributed by atoms with Crippen molar-refractivity contribution in [2.24, 2.45) is 9.36 Å². The lowest BCUT2D eigenvalue weighted by molar-refractivity contribution is 0.627. The molecule has 0 radical (unpaired) electrons. The summed E-state index contributed by atoms with van der Waals surface area (Å²) in [5.74, 6) is -0.236. The van der Waals surface area contributed by atoms with E-state index < -0.39 is 0 Å². The van der Waals surface area contributed by atoms with E-state index >= 15 is 0 Å². The number of rotatable bonds is 2. The van der Waals surface area contributed by atoms with Crippen LogP contribution in [0.5, 0.6) is 0 Å². The van der Waals surface area contributed by atoms with Gasteiger partial charge in [-0.2, -0.15) is 0 Å². The molecule has 0 saturated carbocycles. The number of halogens is 1. The maximum atomic E-state index is 12.9. The number of aliphatic imine (C=N–C) groups is 1. The van der Waals surface area contributed by atoms with E-state index in [1.54, 1.807) is 12.1 Å². The normalized spacial score (nSPS) is 17.5. The van der Waals surface area contributed by atoms with Crippen molar-refractivity contribution in [3.63, 3.8) is 0 Å². The van der Waals surface area contributed by atoms with E-state index in [0.29, 0.717) is 0 Å². The van der Waals surface area contributed by atoms with E-state index in [1.165, 1.54) is 12.1 Å². The molecule has 0 N–H and O–H groups in total. The van der Waals surface area contributed by atoms with Gasteiger partial charge in [0.1, 0.15) is 5.82 Å². The van der Waals surface area contributed by atoms with Crippen molar-refractivity contribution in [1.82, 2.24) is 0 Å². The molecular weight excluding hydrogens is 271 g/mol. The fraction of sp³-hybridized carbons (Fsp3) is 0.0625. The van der Waals surface area contributed by atoms with Crippen LogP contribution in [0.15, 0.2) is 63.3 Å². The van der Waals surface area contributed by atoms with Crippen LogP contribution in [-0.2, 0) is 10.7 Å². The fourth-order valence-corrected chi connectivity index (χ4v) is 3.12. The zero-order valence-corrected chi connectivity index (χ0v) is 11.8. The van der Waals surface area contributed by atoms with Crippen molar-refractivity contribution >= 4 is 27.6 Å². The van der Waals surface area contributed by atoms with Gasteiger partial charge >= 0.3 is 0 Å². The summed E-state index contributed by atoms with van der Waals surface area (Å²) in [6, 6.07) is 14.4. The molecule has 1 aliphatic rings. The second-order valence-corrected chi connectivity index (χ2v) is 5.79. The summed E-state index contributed by atoms with van der Waals surface area (Å²) in [5.41, 5.74) is 5.74. The van der Waals surface area contributed by atoms with E-state index in [9.17, 15) is 4.39 Å². The van der Waals surface area contributed by atoms with Crippen LogP contribution >= 0.6 is 0 Å². The quantitative estimate of drug-likeness (QED) is 0.769. The smallest absolute Gasteiger partial charge is 0.123 e. The zero-order chi connectivity index (χ0) is 13.9. The molecule has 3 rings (SSSR count). The maximum absolute atomic E-state index is 12.9. The Labute approximate surface area is 119 Å². The standard InChI is InChI=1S/C16H13FN2S/c1-12-4-2-3-5-15(12)19-20-10-16(18-11-20)13-6-8-14(17)9-7-13/h2-11H,1H3. The lowest BCUT2D eigenvalue weighted by Gasteiger charge is -1.99. The molecule has 0 aromatic heterocycles. The van der Waals surface area contributed by atoms with Crippen LogP contribution in [0.4, 0.5) is 10.1 Å². The Bertz CT molecular complexity index is 730. The lowest BCUT2D eigenvalue weighted by Crippen LogP contribution is -1.81. The van der Waals surface area contributed by atoms with Crippen molar-refractivity contribution in [3.05, 3.63) is 70.9 Å². The highest BCUT2D eigenvalue weighted by Crippen LogP contribution is 2.24. The molecule has 1 unspecified atom stereocenters. The molecule has 1 aliphatic heterocycles. The summed E-state index contributed by atoms with van der Waals surface area (Å²) >= 11 is 0. The minimum absolute atomic E-state index is 0.236. The summed E-state index contributed by atoms with van der Waals surface area (Å²) < 4.78 is 17.6. The highest BCUT2D eigenvalue weighted by Gasteiger charge is 2.07. The summed E-state index contributed by atoms with van der Waals surface area (Å²) in [6.07, 6.45) is 0. The van der Waals surface area contributed by atoms with E-state index in [2.05, 4.69) is 9.36 Å². The molecule has 100 valence electrons. The summed E-state index contributed by atoms with van der Waals surface area (Å²) in [4.78, 5) is 4.38. The van der Waals surface area contributed by atoms with Crippen LogP contribution in [0.25, 0.3) is 5.70 Å². The Kier molecular flexibility index (Phi) is 3.56. The number of hydrogen-bond acceptors (Lipinski definition) is 2. The Hall–Kier alpha value is -2.07. The molecule has 0 amide bonds. The minimum Gasteiger partial charge on any atom is -0.247 e. The zero-order valence-electron chi connectivity index (χ0n) is 11.0. The first-order chi connectivity index (χ1) is 9.72. The van der Waals surface area contributed by atoms with E-state index in [0.717, 1.165) is 22.5 Å². The van der Waals surface area contributed by atoms with Crippen LogP contribution in [0, 0.1) is 12.7 Å². The summed E-state index contributed by atoms with van der Waals surface area (Å²) in [7, 11) is -0.347. The molecule has 2 aromatic carbocycles. The van der Waals surface area contributed by atoms with Gasteiger partial charge in [0, 0.05) is 11.0 Å². The Morgan fingerprint density at radius 1 is 1.05 bits per heavy atom. The van der Waals surface area contributed by atoms with Gasteiger partial charge in [-0.3, -0.25) is 0 Å². The van der Waals surface area contributed by atoms with Gasteiger partial charge in [-0.15, -0.1) is 0 Å². The first-order valence-corrected chi connectivity index (χ1v) is 7.54. The van der Waals surface area contributed by atoms with Gasteiger partial charge in [0.15, 0.2) is 0 Å². The van der Waals surface area contributed by atoms with Crippen molar-refractivity contribution < 1.29 is 4.39 Å². The maximum Gasteiger partial charge on any atom is 0.123 e. The topological polar surface area (TPSA) is 24.7 Å². The summed E-state index contributed by atoms with van der Waals surface area (Å²) in [5, 5.41) is 2.01. The predicted octanol–water partition coefficient (Wildman–Crippen LogP) is 4.61. The Morgan fingerprint density at radius 2 is 1.80 bits per heavy atom.